The molecule has 0 radical (unpaired) electrons. The van der Waals surface area contributed by atoms with Gasteiger partial charge in [-0.05, 0) is 39.7 Å². The number of nitrogens with one attached hydrogen (secondary N) is 1. The highest BCUT2D eigenvalue weighted by Gasteiger charge is 2.04. The number of hydrogen-bond acceptors (Lipinski definition) is 3. The van der Waals surface area contributed by atoms with E-state index in [9.17, 15) is 4.79 Å². The highest BCUT2D eigenvalue weighted by molar-refractivity contribution is 9.10. The summed E-state index contributed by atoms with van der Waals surface area (Å²) in [6.07, 6.45) is 1.63. The standard InChI is InChI=1S/C13H13BrN2O2/c14-11-4-5-18-12(11)8-16-7-9-2-1-3-10(6-9)13(15)17/h1-6,16H,7-8H2,(H2,15,17). The molecule has 0 aliphatic carbocycles. The third-order valence-corrected chi connectivity index (χ3v) is 3.22. The summed E-state index contributed by atoms with van der Waals surface area (Å²) in [5, 5.41) is 3.24. The second-order valence-corrected chi connectivity index (χ2v) is 4.71. The number of benzene rings is 1. The number of carbonyl (C=O) groups is 1. The van der Waals surface area contributed by atoms with E-state index in [1.165, 1.54) is 0 Å². The Bertz CT molecular complexity index is 551. The molecule has 18 heavy (non-hydrogen) atoms. The van der Waals surface area contributed by atoms with E-state index in [0.29, 0.717) is 18.7 Å². The van der Waals surface area contributed by atoms with E-state index >= 15 is 0 Å². The molecule has 3 N–H and O–H groups in total. The van der Waals surface area contributed by atoms with Crippen LogP contribution < -0.4 is 11.1 Å². The Hall–Kier alpha value is -1.59. The summed E-state index contributed by atoms with van der Waals surface area (Å²) in [4.78, 5) is 11.0. The lowest BCUT2D eigenvalue weighted by atomic mass is 10.1. The number of rotatable bonds is 5. The molecular weight excluding hydrogens is 296 g/mol. The molecule has 4 nitrogen and oxygen atoms in total. The van der Waals surface area contributed by atoms with E-state index in [4.69, 9.17) is 10.2 Å². The summed E-state index contributed by atoms with van der Waals surface area (Å²) >= 11 is 3.39. The Kier molecular flexibility index (Phi) is 4.17. The van der Waals surface area contributed by atoms with Crippen LogP contribution >= 0.6 is 15.9 Å². The quantitative estimate of drug-likeness (QED) is 0.891. The van der Waals surface area contributed by atoms with Crippen molar-refractivity contribution in [1.82, 2.24) is 5.32 Å². The third-order valence-electron chi connectivity index (χ3n) is 2.52. The van der Waals surface area contributed by atoms with Crippen molar-refractivity contribution in [3.63, 3.8) is 0 Å². The van der Waals surface area contributed by atoms with E-state index in [-0.39, 0.29) is 0 Å². The summed E-state index contributed by atoms with van der Waals surface area (Å²) in [5.41, 5.74) is 6.76. The SMILES string of the molecule is NC(=O)c1cccc(CNCc2occc2Br)c1. The number of amides is 1. The molecule has 1 heterocycles. The molecule has 2 aromatic rings. The van der Waals surface area contributed by atoms with Crippen molar-refractivity contribution in [2.45, 2.75) is 13.1 Å². The number of furan rings is 1. The van der Waals surface area contributed by atoms with E-state index < -0.39 is 5.91 Å². The molecule has 0 bridgehead atoms. The maximum absolute atomic E-state index is 11.0. The van der Waals surface area contributed by atoms with Gasteiger partial charge in [0.2, 0.25) is 5.91 Å². The van der Waals surface area contributed by atoms with Gasteiger partial charge >= 0.3 is 0 Å². The van der Waals surface area contributed by atoms with Gasteiger partial charge in [0.05, 0.1) is 17.3 Å². The fourth-order valence-corrected chi connectivity index (χ4v) is 1.95. The Morgan fingerprint density at radius 3 is 2.83 bits per heavy atom. The second-order valence-electron chi connectivity index (χ2n) is 3.86. The lowest BCUT2D eigenvalue weighted by Gasteiger charge is -2.05. The first kappa shape index (κ1) is 12.9. The number of primary amides is 1. The van der Waals surface area contributed by atoms with Crippen LogP contribution in [0.4, 0.5) is 0 Å². The number of carbonyl (C=O) groups excluding carboxylic acids is 1. The fourth-order valence-electron chi connectivity index (χ4n) is 1.61. The highest BCUT2D eigenvalue weighted by atomic mass is 79.9. The van der Waals surface area contributed by atoms with Crippen LogP contribution in [0.2, 0.25) is 0 Å². The normalized spacial score (nSPS) is 10.5. The summed E-state index contributed by atoms with van der Waals surface area (Å²) in [5.74, 6) is 0.437. The molecule has 5 heteroatoms. The summed E-state index contributed by atoms with van der Waals surface area (Å²) < 4.78 is 6.23. The molecule has 1 aromatic carbocycles. The Labute approximate surface area is 113 Å². The molecule has 0 unspecified atom stereocenters. The molecule has 0 fully saturated rings. The smallest absolute Gasteiger partial charge is 0.248 e. The van der Waals surface area contributed by atoms with E-state index in [0.717, 1.165) is 15.8 Å². The van der Waals surface area contributed by atoms with Gasteiger partial charge in [0, 0.05) is 12.1 Å². The monoisotopic (exact) mass is 308 g/mol. The molecule has 0 aliphatic heterocycles. The highest BCUT2D eigenvalue weighted by Crippen LogP contribution is 2.17. The zero-order chi connectivity index (χ0) is 13.0. The minimum atomic E-state index is -0.411. The zero-order valence-electron chi connectivity index (χ0n) is 9.65. The van der Waals surface area contributed by atoms with Crippen molar-refractivity contribution in [1.29, 1.82) is 0 Å². The first-order valence-electron chi connectivity index (χ1n) is 5.48. The van der Waals surface area contributed by atoms with Crippen molar-refractivity contribution < 1.29 is 9.21 Å². The summed E-state index contributed by atoms with van der Waals surface area (Å²) in [7, 11) is 0. The lowest BCUT2D eigenvalue weighted by Crippen LogP contribution is -2.14. The lowest BCUT2D eigenvalue weighted by molar-refractivity contribution is 0.1000. The molecule has 0 aliphatic rings. The van der Waals surface area contributed by atoms with Crippen LogP contribution in [0.15, 0.2) is 45.5 Å². The van der Waals surface area contributed by atoms with Crippen molar-refractivity contribution in [3.8, 4) is 0 Å². The van der Waals surface area contributed by atoms with Crippen LogP contribution in [0.1, 0.15) is 21.7 Å². The maximum atomic E-state index is 11.0. The molecule has 0 saturated heterocycles. The Balaban J connectivity index is 1.92. The first-order valence-corrected chi connectivity index (χ1v) is 6.27. The van der Waals surface area contributed by atoms with Crippen molar-refractivity contribution in [2.24, 2.45) is 5.73 Å². The van der Waals surface area contributed by atoms with Gasteiger partial charge in [-0.2, -0.15) is 0 Å². The van der Waals surface area contributed by atoms with Crippen LogP contribution in [-0.2, 0) is 13.1 Å². The van der Waals surface area contributed by atoms with Gasteiger partial charge in [0.15, 0.2) is 0 Å². The number of nitrogens with two attached hydrogens (primary N) is 1. The fraction of sp³-hybridized carbons (Fsp3) is 0.154. The van der Waals surface area contributed by atoms with Gasteiger partial charge in [-0.3, -0.25) is 4.79 Å². The summed E-state index contributed by atoms with van der Waals surface area (Å²) in [6.45, 7) is 1.27. The predicted molar refractivity (Wildman–Crippen MR) is 71.9 cm³/mol. The molecule has 0 saturated carbocycles. The van der Waals surface area contributed by atoms with Crippen molar-refractivity contribution in [3.05, 3.63) is 58.0 Å². The van der Waals surface area contributed by atoms with Gasteiger partial charge in [-0.15, -0.1) is 0 Å². The van der Waals surface area contributed by atoms with E-state index in [1.54, 1.807) is 18.4 Å². The Morgan fingerprint density at radius 2 is 2.17 bits per heavy atom. The number of hydrogen-bond donors (Lipinski definition) is 2. The van der Waals surface area contributed by atoms with Gasteiger partial charge in [-0.1, -0.05) is 12.1 Å². The van der Waals surface area contributed by atoms with E-state index in [2.05, 4.69) is 21.2 Å². The number of halogens is 1. The zero-order valence-corrected chi connectivity index (χ0v) is 11.2. The van der Waals surface area contributed by atoms with Crippen LogP contribution in [0.5, 0.6) is 0 Å². The maximum Gasteiger partial charge on any atom is 0.248 e. The van der Waals surface area contributed by atoms with Crippen LogP contribution in [-0.4, -0.2) is 5.91 Å². The largest absolute Gasteiger partial charge is 0.467 e. The van der Waals surface area contributed by atoms with Gasteiger partial charge in [-0.25, -0.2) is 0 Å². The average molecular weight is 309 g/mol. The molecular formula is C13H13BrN2O2. The predicted octanol–water partition coefficient (Wildman–Crippen LogP) is 2.43. The van der Waals surface area contributed by atoms with Gasteiger partial charge in [0.1, 0.15) is 5.76 Å². The molecule has 0 spiro atoms. The molecule has 0 atom stereocenters. The molecule has 94 valence electrons. The molecule has 1 aromatic heterocycles. The second kappa shape index (κ2) is 5.84. The average Bonchev–Trinajstić information content (AvgIpc) is 2.76. The van der Waals surface area contributed by atoms with Crippen LogP contribution in [0.3, 0.4) is 0 Å². The third kappa shape index (κ3) is 3.21. The van der Waals surface area contributed by atoms with Crippen molar-refractivity contribution >= 4 is 21.8 Å². The first-order chi connectivity index (χ1) is 8.66. The minimum Gasteiger partial charge on any atom is -0.467 e. The van der Waals surface area contributed by atoms with Gasteiger partial charge < -0.3 is 15.5 Å². The van der Waals surface area contributed by atoms with Crippen LogP contribution in [0.25, 0.3) is 0 Å². The van der Waals surface area contributed by atoms with Crippen molar-refractivity contribution in [2.75, 3.05) is 0 Å². The molecule has 2 rings (SSSR count). The Morgan fingerprint density at radius 1 is 1.33 bits per heavy atom. The minimum absolute atomic E-state index is 0.411. The molecule has 1 amide bonds. The van der Waals surface area contributed by atoms with Gasteiger partial charge in [0.25, 0.3) is 0 Å². The van der Waals surface area contributed by atoms with Crippen LogP contribution in [0, 0.1) is 0 Å². The summed E-state index contributed by atoms with van der Waals surface area (Å²) in [6, 6.07) is 9.10. The topological polar surface area (TPSA) is 68.3 Å². The van der Waals surface area contributed by atoms with E-state index in [1.807, 2.05) is 18.2 Å².